The highest BCUT2D eigenvalue weighted by Crippen LogP contribution is 2.71. The van der Waals surface area contributed by atoms with Crippen LogP contribution in [0.5, 0.6) is 0 Å². The van der Waals surface area contributed by atoms with Gasteiger partial charge in [-0.2, -0.15) is 5.10 Å². The number of β-lactam (4-membered cyclic amide) rings is 1. The van der Waals surface area contributed by atoms with Crippen LogP contribution in [-0.2, 0) is 14.4 Å². The maximum atomic E-state index is 12.7. The van der Waals surface area contributed by atoms with E-state index < -0.39 is 45.5 Å². The van der Waals surface area contributed by atoms with Gasteiger partial charge < -0.3 is 21.1 Å². The van der Waals surface area contributed by atoms with E-state index in [1.807, 2.05) is 12.3 Å². The first kappa shape index (κ1) is 18.3. The topological polar surface area (TPSA) is 154 Å². The summed E-state index contributed by atoms with van der Waals surface area (Å²) in [5.74, 6) is -2.14. The van der Waals surface area contributed by atoms with Crippen LogP contribution >= 0.6 is 11.8 Å². The molecule has 1 saturated carbocycles. The van der Waals surface area contributed by atoms with Crippen molar-refractivity contribution in [3.63, 3.8) is 0 Å². The molecule has 0 spiro atoms. The van der Waals surface area contributed by atoms with E-state index in [-0.39, 0.29) is 5.71 Å². The number of amides is 4. The van der Waals surface area contributed by atoms with Crippen LogP contribution in [0.3, 0.4) is 0 Å². The van der Waals surface area contributed by atoms with Gasteiger partial charge >= 0.3 is 12.0 Å². The van der Waals surface area contributed by atoms with Gasteiger partial charge in [0.15, 0.2) is 11.3 Å². The molecule has 1 aromatic carbocycles. The third kappa shape index (κ3) is 2.39. The summed E-state index contributed by atoms with van der Waals surface area (Å²) < 4.78 is -0.553. The Morgan fingerprint density at radius 1 is 1.32 bits per heavy atom. The number of aliphatic carboxylic acids is 1. The molecular weight excluding hydrogens is 386 g/mol. The summed E-state index contributed by atoms with van der Waals surface area (Å²) in [5, 5.41) is 15.5. The molecule has 10 nitrogen and oxygen atoms in total. The number of carbonyl (C=O) groups excluding carboxylic acids is 3. The summed E-state index contributed by atoms with van der Waals surface area (Å²) in [6, 6.07) is 6.58. The number of nitrogens with zero attached hydrogens (tertiary/aromatic N) is 2. The van der Waals surface area contributed by atoms with Crippen LogP contribution < -0.4 is 16.5 Å². The minimum absolute atomic E-state index is 0.113. The Morgan fingerprint density at radius 3 is 2.61 bits per heavy atom. The molecule has 146 valence electrons. The molecule has 2 aliphatic heterocycles. The second-order valence-corrected chi connectivity index (χ2v) is 8.66. The fraction of sp³-hybridized carbons (Fsp3) is 0.353. The number of primary amides is 1. The van der Waals surface area contributed by atoms with E-state index in [2.05, 4.69) is 10.4 Å². The maximum absolute atomic E-state index is 12.7. The zero-order valence-electron chi connectivity index (χ0n) is 14.7. The molecule has 4 atom stereocenters. The lowest BCUT2D eigenvalue weighted by Crippen LogP contribution is -2.72. The Hall–Kier alpha value is -3.08. The molecule has 4 amide bonds. The Labute approximate surface area is 163 Å². The predicted octanol–water partition coefficient (Wildman–Crippen LogP) is -0.555. The van der Waals surface area contributed by atoms with Gasteiger partial charge in [0.2, 0.25) is 5.91 Å². The van der Waals surface area contributed by atoms with Gasteiger partial charge in [0.05, 0.1) is 4.75 Å². The first-order valence-corrected chi connectivity index (χ1v) is 9.33. The van der Waals surface area contributed by atoms with Crippen molar-refractivity contribution in [2.24, 2.45) is 10.8 Å². The summed E-state index contributed by atoms with van der Waals surface area (Å²) in [7, 11) is 0. The maximum Gasteiger partial charge on any atom is 0.332 e. The fourth-order valence-corrected chi connectivity index (χ4v) is 5.80. The highest BCUT2D eigenvalue weighted by Gasteiger charge is 2.85. The van der Waals surface area contributed by atoms with Crippen molar-refractivity contribution in [2.45, 2.75) is 35.0 Å². The van der Waals surface area contributed by atoms with Gasteiger partial charge in [0, 0.05) is 12.0 Å². The molecule has 0 aromatic heterocycles. The zero-order chi connectivity index (χ0) is 20.3. The number of carboxylic acids is 1. The fourth-order valence-electron chi connectivity index (χ4n) is 3.88. The summed E-state index contributed by atoms with van der Waals surface area (Å²) in [6.45, 7) is 1.81. The number of urea groups is 1. The molecule has 4 rings (SSSR count). The molecule has 0 radical (unpaired) electrons. The van der Waals surface area contributed by atoms with E-state index in [0.717, 1.165) is 0 Å². The number of nitrogens with one attached hydrogen (secondary N) is 2. The van der Waals surface area contributed by atoms with Crippen molar-refractivity contribution in [1.82, 2.24) is 15.6 Å². The van der Waals surface area contributed by atoms with Gasteiger partial charge in [-0.1, -0.05) is 30.3 Å². The number of hydrogen-bond donors (Lipinski definition) is 4. The molecule has 2 saturated heterocycles. The number of rotatable bonds is 5. The van der Waals surface area contributed by atoms with Crippen LogP contribution in [-0.4, -0.2) is 61.2 Å². The van der Waals surface area contributed by atoms with Crippen LogP contribution in [0.2, 0.25) is 0 Å². The first-order valence-electron chi connectivity index (χ1n) is 8.45. The standard InChI is InChI=1S/C17H17N5O5S/c1-16-7-17(16,14(25)26)22-12(24)10(13(22)28-16)19-11(23)9(20-21-15(18)27)8-5-3-2-4-6-8/h2-6,10,13H,7H2,1H3,(H,19,23)(H,25,26)(H3,18,21,27)/b20-9-/t10?,13-,16?,17?/m1/s1. The minimum atomic E-state index is -1.19. The molecule has 28 heavy (non-hydrogen) atoms. The lowest BCUT2D eigenvalue weighted by molar-refractivity contribution is -0.163. The number of thioether (sulfide) groups is 1. The van der Waals surface area contributed by atoms with Crippen molar-refractivity contribution in [2.75, 3.05) is 0 Å². The Bertz CT molecular complexity index is 937. The van der Waals surface area contributed by atoms with Crippen molar-refractivity contribution in [3.05, 3.63) is 35.9 Å². The molecule has 3 unspecified atom stereocenters. The SMILES string of the molecule is CC12CC1(C(=O)O)N1C(=O)C(NC(=O)/C(=N\NC(N)=O)c3ccccc3)[C@H]1S2. The van der Waals surface area contributed by atoms with E-state index in [1.54, 1.807) is 30.3 Å². The molecule has 1 aromatic rings. The second-order valence-electron chi connectivity index (χ2n) is 7.04. The summed E-state index contributed by atoms with van der Waals surface area (Å²) in [6.07, 6.45) is 0.391. The molecule has 1 aliphatic carbocycles. The first-order chi connectivity index (χ1) is 13.2. The Kier molecular flexibility index (Phi) is 3.89. The van der Waals surface area contributed by atoms with Crippen molar-refractivity contribution in [1.29, 1.82) is 0 Å². The average Bonchev–Trinajstić information content (AvgIpc) is 3.18. The quantitative estimate of drug-likeness (QED) is 0.294. The predicted molar refractivity (Wildman–Crippen MR) is 99.2 cm³/mol. The number of fused-ring (bicyclic) bond motifs is 3. The molecule has 3 fully saturated rings. The monoisotopic (exact) mass is 403 g/mol. The van der Waals surface area contributed by atoms with Crippen molar-refractivity contribution in [3.8, 4) is 0 Å². The normalized spacial score (nSPS) is 32.7. The Balaban J connectivity index is 1.54. The average molecular weight is 403 g/mol. The smallest absolute Gasteiger partial charge is 0.332 e. The van der Waals surface area contributed by atoms with Crippen LogP contribution in [0.4, 0.5) is 4.79 Å². The molecule has 11 heteroatoms. The highest BCUT2D eigenvalue weighted by molar-refractivity contribution is 8.02. The Morgan fingerprint density at radius 2 is 2.00 bits per heavy atom. The lowest BCUT2D eigenvalue weighted by Gasteiger charge is -2.45. The largest absolute Gasteiger partial charge is 0.479 e. The van der Waals surface area contributed by atoms with Gasteiger partial charge in [-0.3, -0.25) is 9.59 Å². The van der Waals surface area contributed by atoms with Crippen LogP contribution in [0, 0.1) is 0 Å². The lowest BCUT2D eigenvalue weighted by atomic mass is 10.00. The van der Waals surface area contributed by atoms with Crippen LogP contribution in [0.15, 0.2) is 35.4 Å². The van der Waals surface area contributed by atoms with Crippen LogP contribution in [0.1, 0.15) is 18.9 Å². The van der Waals surface area contributed by atoms with Gasteiger partial charge in [-0.25, -0.2) is 15.0 Å². The van der Waals surface area contributed by atoms with E-state index in [1.165, 1.54) is 16.7 Å². The molecular formula is C17H17N5O5S. The molecule has 2 heterocycles. The number of benzene rings is 1. The minimum Gasteiger partial charge on any atom is -0.479 e. The number of carbonyl (C=O) groups is 4. The third-order valence-electron chi connectivity index (χ3n) is 5.36. The highest BCUT2D eigenvalue weighted by atomic mass is 32.2. The van der Waals surface area contributed by atoms with Gasteiger partial charge in [-0.05, 0) is 6.92 Å². The van der Waals surface area contributed by atoms with E-state index in [9.17, 15) is 24.3 Å². The number of hydrogen-bond acceptors (Lipinski definition) is 6. The number of nitrogens with two attached hydrogens (primary N) is 1. The van der Waals surface area contributed by atoms with E-state index in [0.29, 0.717) is 12.0 Å². The number of carboxylic acid groups (broad SMARTS) is 1. The van der Waals surface area contributed by atoms with Gasteiger partial charge in [0.1, 0.15) is 11.4 Å². The van der Waals surface area contributed by atoms with Crippen molar-refractivity contribution < 1.29 is 24.3 Å². The van der Waals surface area contributed by atoms with Gasteiger partial charge in [0.25, 0.3) is 5.91 Å². The van der Waals surface area contributed by atoms with Crippen molar-refractivity contribution >= 4 is 41.3 Å². The van der Waals surface area contributed by atoms with Crippen LogP contribution in [0.25, 0.3) is 0 Å². The van der Waals surface area contributed by atoms with E-state index in [4.69, 9.17) is 5.73 Å². The zero-order valence-corrected chi connectivity index (χ0v) is 15.5. The molecule has 3 aliphatic rings. The second kappa shape index (κ2) is 5.96. The summed E-state index contributed by atoms with van der Waals surface area (Å²) in [4.78, 5) is 49.4. The number of hydrazone groups is 1. The summed E-state index contributed by atoms with van der Waals surface area (Å²) >= 11 is 1.38. The molecule has 5 N–H and O–H groups in total. The summed E-state index contributed by atoms with van der Waals surface area (Å²) in [5.41, 5.74) is 6.16. The van der Waals surface area contributed by atoms with E-state index >= 15 is 0 Å². The molecule has 0 bridgehead atoms. The third-order valence-corrected chi connectivity index (χ3v) is 7.09. The van der Waals surface area contributed by atoms with Gasteiger partial charge in [-0.15, -0.1) is 11.8 Å².